The van der Waals surface area contributed by atoms with Gasteiger partial charge in [-0.25, -0.2) is 0 Å². The van der Waals surface area contributed by atoms with Crippen LogP contribution in [0.3, 0.4) is 0 Å². The quantitative estimate of drug-likeness (QED) is 0.530. The van der Waals surface area contributed by atoms with E-state index >= 15 is 0 Å². The lowest BCUT2D eigenvalue weighted by molar-refractivity contribution is -0.889. The van der Waals surface area contributed by atoms with Crippen molar-refractivity contribution in [3.05, 3.63) is 0 Å². The van der Waals surface area contributed by atoms with Crippen molar-refractivity contribution in [3.63, 3.8) is 0 Å². The third-order valence-corrected chi connectivity index (χ3v) is 2.78. The fourth-order valence-corrected chi connectivity index (χ4v) is 2.26. The van der Waals surface area contributed by atoms with Crippen molar-refractivity contribution in [1.82, 2.24) is 0 Å². The van der Waals surface area contributed by atoms with Gasteiger partial charge in [-0.3, -0.25) is 0 Å². The van der Waals surface area contributed by atoms with Gasteiger partial charge in [0, 0.05) is 12.3 Å². The van der Waals surface area contributed by atoms with E-state index in [-0.39, 0.29) is 12.4 Å². The van der Waals surface area contributed by atoms with Crippen molar-refractivity contribution in [2.75, 3.05) is 19.6 Å². The Hall–Kier alpha value is 0.250. The molecule has 2 atom stereocenters. The SMILES string of the molecule is CCCC1CC[NH+](CCC)C1.[Cl-]. The molecule has 1 heterocycles. The average Bonchev–Trinajstić information content (AvgIpc) is 2.38. The number of halogens is 1. The van der Waals surface area contributed by atoms with Crippen molar-refractivity contribution in [1.29, 1.82) is 0 Å². The van der Waals surface area contributed by atoms with Crippen molar-refractivity contribution in [2.45, 2.75) is 39.5 Å². The maximum atomic E-state index is 2.30. The maximum absolute atomic E-state index is 2.30. The molecule has 74 valence electrons. The summed E-state index contributed by atoms with van der Waals surface area (Å²) in [5.74, 6) is 1.06. The second kappa shape index (κ2) is 6.73. The molecular formula is C10H22ClN. The molecule has 0 saturated carbocycles. The molecule has 0 aromatic carbocycles. The van der Waals surface area contributed by atoms with Crippen LogP contribution in [0.1, 0.15) is 39.5 Å². The highest BCUT2D eigenvalue weighted by Gasteiger charge is 2.23. The van der Waals surface area contributed by atoms with Gasteiger partial charge in [-0.2, -0.15) is 0 Å². The van der Waals surface area contributed by atoms with E-state index in [1.54, 1.807) is 0 Å². The van der Waals surface area contributed by atoms with Crippen LogP contribution in [0.25, 0.3) is 0 Å². The van der Waals surface area contributed by atoms with Crippen molar-refractivity contribution in [3.8, 4) is 0 Å². The van der Waals surface area contributed by atoms with E-state index in [0.29, 0.717) is 0 Å². The monoisotopic (exact) mass is 191 g/mol. The highest BCUT2D eigenvalue weighted by Crippen LogP contribution is 2.10. The minimum absolute atomic E-state index is 0. The summed E-state index contributed by atoms with van der Waals surface area (Å²) in [4.78, 5) is 1.85. The van der Waals surface area contributed by atoms with Gasteiger partial charge in [0.05, 0.1) is 19.6 Å². The van der Waals surface area contributed by atoms with Crippen LogP contribution in [0.5, 0.6) is 0 Å². The Kier molecular flexibility index (Phi) is 6.87. The molecule has 0 aromatic rings. The number of hydrogen-bond donors (Lipinski definition) is 1. The largest absolute Gasteiger partial charge is 1.00 e. The number of likely N-dealkylation sites (tertiary alicyclic amines) is 1. The molecule has 0 spiro atoms. The van der Waals surface area contributed by atoms with Gasteiger partial charge < -0.3 is 17.3 Å². The van der Waals surface area contributed by atoms with Gasteiger partial charge in [-0.15, -0.1) is 0 Å². The zero-order valence-corrected chi connectivity index (χ0v) is 9.16. The standard InChI is InChI=1S/C10H21N.ClH/c1-3-5-10-6-8-11(9-10)7-4-2;/h10H,3-9H2,1-2H3;1H. The molecule has 1 N–H and O–H groups in total. The molecule has 1 fully saturated rings. The van der Waals surface area contributed by atoms with Crippen LogP contribution in [0.15, 0.2) is 0 Å². The van der Waals surface area contributed by atoms with Crippen LogP contribution in [0.4, 0.5) is 0 Å². The topological polar surface area (TPSA) is 4.44 Å². The predicted octanol–water partition coefficient (Wildman–Crippen LogP) is -1.89. The Morgan fingerprint density at radius 2 is 2.00 bits per heavy atom. The molecule has 1 nitrogen and oxygen atoms in total. The number of rotatable bonds is 4. The van der Waals surface area contributed by atoms with Crippen LogP contribution in [0.2, 0.25) is 0 Å². The fraction of sp³-hybridized carbons (Fsp3) is 1.00. The molecule has 2 unspecified atom stereocenters. The summed E-state index contributed by atoms with van der Waals surface area (Å²) < 4.78 is 0. The first kappa shape index (κ1) is 12.2. The molecule has 2 heteroatoms. The predicted molar refractivity (Wildman–Crippen MR) is 48.9 cm³/mol. The van der Waals surface area contributed by atoms with Gasteiger partial charge in [0.1, 0.15) is 0 Å². The summed E-state index contributed by atoms with van der Waals surface area (Å²) in [5.41, 5.74) is 0. The summed E-state index contributed by atoms with van der Waals surface area (Å²) in [7, 11) is 0. The average molecular weight is 192 g/mol. The summed E-state index contributed by atoms with van der Waals surface area (Å²) in [6.45, 7) is 8.90. The van der Waals surface area contributed by atoms with Crippen LogP contribution < -0.4 is 17.3 Å². The van der Waals surface area contributed by atoms with E-state index in [1.807, 2.05) is 4.90 Å². The molecule has 1 saturated heterocycles. The summed E-state index contributed by atoms with van der Waals surface area (Å²) in [6.07, 6.45) is 5.69. The molecule has 1 rings (SSSR count). The maximum Gasteiger partial charge on any atom is 0.0801 e. The number of quaternary nitrogens is 1. The molecule has 12 heavy (non-hydrogen) atoms. The molecule has 1 aliphatic rings. The highest BCUT2D eigenvalue weighted by molar-refractivity contribution is 4.61. The lowest BCUT2D eigenvalue weighted by Crippen LogP contribution is -3.10. The van der Waals surface area contributed by atoms with Crippen LogP contribution in [-0.4, -0.2) is 19.6 Å². The lowest BCUT2D eigenvalue weighted by Gasteiger charge is -2.11. The van der Waals surface area contributed by atoms with Crippen LogP contribution >= 0.6 is 0 Å². The zero-order valence-electron chi connectivity index (χ0n) is 8.41. The lowest BCUT2D eigenvalue weighted by atomic mass is 10.0. The number of hydrogen-bond acceptors (Lipinski definition) is 0. The third kappa shape index (κ3) is 3.77. The Bertz CT molecular complexity index is 94.0. The number of nitrogens with one attached hydrogen (secondary N) is 1. The first-order chi connectivity index (χ1) is 5.36. The Morgan fingerprint density at radius 1 is 1.25 bits per heavy atom. The van der Waals surface area contributed by atoms with Crippen molar-refractivity contribution in [2.24, 2.45) is 5.92 Å². The molecular weight excluding hydrogens is 170 g/mol. The van der Waals surface area contributed by atoms with E-state index in [1.165, 1.54) is 45.3 Å². The van der Waals surface area contributed by atoms with E-state index in [9.17, 15) is 0 Å². The van der Waals surface area contributed by atoms with E-state index in [2.05, 4.69) is 13.8 Å². The summed E-state index contributed by atoms with van der Waals surface area (Å²) in [6, 6.07) is 0. The minimum atomic E-state index is 0. The molecule has 0 amide bonds. The smallest absolute Gasteiger partial charge is 0.0801 e. The second-order valence-electron chi connectivity index (χ2n) is 3.90. The minimum Gasteiger partial charge on any atom is -1.00 e. The fourth-order valence-electron chi connectivity index (χ4n) is 2.26. The molecule has 0 aliphatic carbocycles. The van der Waals surface area contributed by atoms with Gasteiger partial charge in [0.25, 0.3) is 0 Å². The summed E-state index contributed by atoms with van der Waals surface area (Å²) >= 11 is 0. The van der Waals surface area contributed by atoms with Crippen LogP contribution in [-0.2, 0) is 0 Å². The summed E-state index contributed by atoms with van der Waals surface area (Å²) in [5, 5.41) is 0. The highest BCUT2D eigenvalue weighted by atomic mass is 35.5. The van der Waals surface area contributed by atoms with Gasteiger partial charge in [0.2, 0.25) is 0 Å². The van der Waals surface area contributed by atoms with Gasteiger partial charge in [0.15, 0.2) is 0 Å². The van der Waals surface area contributed by atoms with Gasteiger partial charge >= 0.3 is 0 Å². The van der Waals surface area contributed by atoms with E-state index < -0.39 is 0 Å². The third-order valence-electron chi connectivity index (χ3n) is 2.78. The Morgan fingerprint density at radius 3 is 2.58 bits per heavy atom. The first-order valence-corrected chi connectivity index (χ1v) is 5.20. The van der Waals surface area contributed by atoms with Crippen LogP contribution in [0, 0.1) is 5.92 Å². The Labute approximate surface area is 82.9 Å². The Balaban J connectivity index is 0.00000121. The molecule has 0 aromatic heterocycles. The van der Waals surface area contributed by atoms with E-state index in [0.717, 1.165) is 5.92 Å². The molecule has 0 bridgehead atoms. The second-order valence-corrected chi connectivity index (χ2v) is 3.90. The molecule has 0 radical (unpaired) electrons. The normalized spacial score (nSPS) is 28.5. The molecule has 1 aliphatic heterocycles. The van der Waals surface area contributed by atoms with Gasteiger partial charge in [-0.1, -0.05) is 20.3 Å². The van der Waals surface area contributed by atoms with E-state index in [4.69, 9.17) is 0 Å². The first-order valence-electron chi connectivity index (χ1n) is 5.20. The van der Waals surface area contributed by atoms with Gasteiger partial charge in [-0.05, 0) is 12.8 Å². The van der Waals surface area contributed by atoms with Crippen molar-refractivity contribution < 1.29 is 17.3 Å². The van der Waals surface area contributed by atoms with Crippen molar-refractivity contribution >= 4 is 0 Å². The zero-order chi connectivity index (χ0) is 8.10.